The highest BCUT2D eigenvalue weighted by Gasteiger charge is 2.31. The first kappa shape index (κ1) is 28.2. The van der Waals surface area contributed by atoms with Gasteiger partial charge in [-0.1, -0.05) is 23.2 Å². The van der Waals surface area contributed by atoms with Crippen molar-refractivity contribution < 1.29 is 0 Å². The van der Waals surface area contributed by atoms with Crippen molar-refractivity contribution in [2.75, 3.05) is 20.1 Å². The van der Waals surface area contributed by atoms with Crippen molar-refractivity contribution in [1.82, 2.24) is 24.8 Å². The van der Waals surface area contributed by atoms with Crippen LogP contribution in [-0.4, -0.2) is 64.2 Å². The van der Waals surface area contributed by atoms with E-state index >= 15 is 0 Å². The van der Waals surface area contributed by atoms with Gasteiger partial charge < -0.3 is 19.8 Å². The summed E-state index contributed by atoms with van der Waals surface area (Å²) >= 11 is 12.3. The van der Waals surface area contributed by atoms with E-state index in [2.05, 4.69) is 62.6 Å². The summed E-state index contributed by atoms with van der Waals surface area (Å²) in [7, 11) is 1.85. The summed E-state index contributed by atoms with van der Waals surface area (Å²) in [6.07, 6.45) is 11.4. The molecule has 2 N–H and O–H groups in total. The first-order chi connectivity index (χ1) is 18.9. The minimum atomic E-state index is 0.465. The van der Waals surface area contributed by atoms with Gasteiger partial charge in [-0.25, -0.2) is 9.98 Å². The molecule has 5 rings (SSSR count). The molecular formula is C30H41Cl2N7. The predicted octanol–water partition coefficient (Wildman–Crippen LogP) is 7.21. The summed E-state index contributed by atoms with van der Waals surface area (Å²) in [5, 5.41) is 4.66. The third-order valence-corrected chi connectivity index (χ3v) is 8.97. The molecule has 39 heavy (non-hydrogen) atoms. The lowest BCUT2D eigenvalue weighted by Crippen LogP contribution is -2.35. The number of H-pyrrole nitrogens is 1. The molecule has 2 fully saturated rings. The molecule has 9 heteroatoms. The number of amidine groups is 1. The zero-order chi connectivity index (χ0) is 27.5. The normalized spacial score (nSPS) is 20.0. The van der Waals surface area contributed by atoms with Gasteiger partial charge in [-0.05, 0) is 96.2 Å². The van der Waals surface area contributed by atoms with Crippen LogP contribution in [0, 0.1) is 5.92 Å². The molecular weight excluding hydrogens is 529 g/mol. The van der Waals surface area contributed by atoms with Crippen molar-refractivity contribution >= 4 is 52.6 Å². The molecule has 7 nitrogen and oxygen atoms in total. The number of aliphatic imine (C=N–C) groups is 2. The van der Waals surface area contributed by atoms with Crippen LogP contribution in [-0.2, 0) is 6.42 Å². The number of imidazole rings is 1. The number of hydrogen-bond acceptors (Lipinski definition) is 4. The smallest absolute Gasteiger partial charge is 0.143 e. The van der Waals surface area contributed by atoms with E-state index in [1.165, 1.54) is 32.1 Å². The monoisotopic (exact) mass is 569 g/mol. The number of unbranched alkanes of at least 4 members (excludes halogenated alkanes) is 1. The molecule has 0 spiro atoms. The van der Waals surface area contributed by atoms with Gasteiger partial charge in [-0.15, -0.1) is 0 Å². The molecule has 2 aliphatic carbocycles. The van der Waals surface area contributed by atoms with Crippen LogP contribution in [0.2, 0.25) is 10.0 Å². The van der Waals surface area contributed by atoms with Gasteiger partial charge in [0, 0.05) is 44.3 Å². The molecule has 2 atom stereocenters. The lowest BCUT2D eigenvalue weighted by Gasteiger charge is -2.29. The Kier molecular flexibility index (Phi) is 8.99. The first-order valence-corrected chi connectivity index (χ1v) is 15.1. The zero-order valence-electron chi connectivity index (χ0n) is 23.4. The number of rotatable bonds is 12. The second kappa shape index (κ2) is 12.4. The number of aromatic nitrogens is 3. The maximum Gasteiger partial charge on any atom is 0.143 e. The van der Waals surface area contributed by atoms with Crippen molar-refractivity contribution in [3.63, 3.8) is 0 Å². The SMILES string of the molecule is C=Nc1c(/C(=N\C)NC2CC2)ccn1[C@H]1CC[C@@H](CN(CCCCc2nc3cc(Cl)c(Cl)cc3[nH]2)C(C)C)C1. The summed E-state index contributed by atoms with van der Waals surface area (Å²) < 4.78 is 2.34. The number of benzene rings is 1. The van der Waals surface area contributed by atoms with Crippen molar-refractivity contribution in [2.45, 2.75) is 83.3 Å². The standard InChI is InChI=1S/C30H41Cl2N7/c1-19(2)38(13-6-5-7-28-36-26-16-24(31)25(32)17-27(26)37-28)18-20-8-11-22(15-20)39-14-12-23(30(39)34-4)29(33-3)35-21-9-10-21/h12,14,16-17,19-22H,4-11,13,15,18H2,1-3H3,(H,33,35)(H,36,37)/t20-,22+/m1/s1. The minimum Gasteiger partial charge on any atom is -0.367 e. The summed E-state index contributed by atoms with van der Waals surface area (Å²) in [6, 6.07) is 7.39. The zero-order valence-corrected chi connectivity index (χ0v) is 24.9. The van der Waals surface area contributed by atoms with Crippen molar-refractivity contribution in [3.8, 4) is 0 Å². The molecule has 2 aromatic heterocycles. The molecule has 0 radical (unpaired) electrons. The van der Waals surface area contributed by atoms with E-state index in [-0.39, 0.29) is 0 Å². The van der Waals surface area contributed by atoms with Gasteiger partial charge in [0.15, 0.2) is 0 Å². The highest BCUT2D eigenvalue weighted by atomic mass is 35.5. The van der Waals surface area contributed by atoms with Gasteiger partial charge in [-0.3, -0.25) is 4.99 Å². The topological polar surface area (TPSA) is 73.6 Å². The Morgan fingerprint density at radius 3 is 2.72 bits per heavy atom. The van der Waals surface area contributed by atoms with Crippen molar-refractivity contribution in [3.05, 3.63) is 45.8 Å². The fraction of sp³-hybridized carbons (Fsp3) is 0.567. The number of hydrogen-bond donors (Lipinski definition) is 2. The summed E-state index contributed by atoms with van der Waals surface area (Å²) in [5.74, 6) is 3.58. The fourth-order valence-corrected chi connectivity index (χ4v) is 6.23. The van der Waals surface area contributed by atoms with E-state index < -0.39 is 0 Å². The number of nitrogens with one attached hydrogen (secondary N) is 2. The van der Waals surface area contributed by atoms with E-state index in [1.54, 1.807) is 0 Å². The molecule has 2 saturated carbocycles. The summed E-state index contributed by atoms with van der Waals surface area (Å²) in [5.41, 5.74) is 2.89. The molecule has 0 aliphatic heterocycles. The third kappa shape index (κ3) is 6.69. The minimum absolute atomic E-state index is 0.465. The van der Waals surface area contributed by atoms with Crippen molar-refractivity contribution in [2.24, 2.45) is 15.9 Å². The van der Waals surface area contributed by atoms with Gasteiger partial charge in [-0.2, -0.15) is 0 Å². The Morgan fingerprint density at radius 2 is 2.00 bits per heavy atom. The molecule has 0 amide bonds. The maximum absolute atomic E-state index is 6.15. The fourth-order valence-electron chi connectivity index (χ4n) is 5.91. The highest BCUT2D eigenvalue weighted by Crippen LogP contribution is 2.39. The Labute approximate surface area is 242 Å². The average molecular weight is 571 g/mol. The van der Waals surface area contributed by atoms with E-state index in [0.717, 1.165) is 66.4 Å². The number of aryl methyl sites for hydroxylation is 1. The predicted molar refractivity (Wildman–Crippen MR) is 164 cm³/mol. The number of fused-ring (bicyclic) bond motifs is 1. The van der Waals surface area contributed by atoms with Gasteiger partial charge in [0.25, 0.3) is 0 Å². The van der Waals surface area contributed by atoms with Crippen LogP contribution in [0.3, 0.4) is 0 Å². The van der Waals surface area contributed by atoms with Gasteiger partial charge in [0.1, 0.15) is 17.5 Å². The van der Waals surface area contributed by atoms with E-state index in [0.29, 0.717) is 34.1 Å². The third-order valence-electron chi connectivity index (χ3n) is 8.25. The van der Waals surface area contributed by atoms with Crippen LogP contribution < -0.4 is 5.32 Å². The van der Waals surface area contributed by atoms with Crippen LogP contribution in [0.1, 0.15) is 76.2 Å². The van der Waals surface area contributed by atoms with Crippen LogP contribution in [0.4, 0.5) is 5.82 Å². The van der Waals surface area contributed by atoms with Crippen LogP contribution in [0.5, 0.6) is 0 Å². The molecule has 3 aromatic rings. The van der Waals surface area contributed by atoms with E-state index in [9.17, 15) is 0 Å². The molecule has 0 saturated heterocycles. The molecule has 0 bridgehead atoms. The second-order valence-electron chi connectivity index (χ2n) is 11.5. The molecule has 0 unspecified atom stereocenters. The van der Waals surface area contributed by atoms with E-state index in [4.69, 9.17) is 28.2 Å². The first-order valence-electron chi connectivity index (χ1n) is 14.3. The Hall–Kier alpha value is -2.35. The lowest BCUT2D eigenvalue weighted by atomic mass is 10.1. The lowest BCUT2D eigenvalue weighted by molar-refractivity contribution is 0.183. The van der Waals surface area contributed by atoms with Gasteiger partial charge in [0.2, 0.25) is 0 Å². The molecule has 210 valence electrons. The highest BCUT2D eigenvalue weighted by molar-refractivity contribution is 6.42. The second-order valence-corrected chi connectivity index (χ2v) is 12.3. The Balaban J connectivity index is 1.13. The molecule has 1 aromatic carbocycles. The average Bonchev–Trinajstić information content (AvgIpc) is 3.27. The maximum atomic E-state index is 6.15. The van der Waals surface area contributed by atoms with Crippen molar-refractivity contribution in [1.29, 1.82) is 0 Å². The number of aromatic amines is 1. The van der Waals surface area contributed by atoms with Crippen LogP contribution in [0.25, 0.3) is 11.0 Å². The van der Waals surface area contributed by atoms with Gasteiger partial charge in [0.05, 0.1) is 26.6 Å². The summed E-state index contributed by atoms with van der Waals surface area (Å²) in [4.78, 5) is 19.7. The van der Waals surface area contributed by atoms with Crippen LogP contribution in [0.15, 0.2) is 34.4 Å². The number of halogens is 2. The number of nitrogens with zero attached hydrogens (tertiary/aromatic N) is 5. The quantitative estimate of drug-likeness (QED) is 0.137. The summed E-state index contributed by atoms with van der Waals surface area (Å²) in [6.45, 7) is 10.8. The molecule has 2 aliphatic rings. The largest absolute Gasteiger partial charge is 0.367 e. The van der Waals surface area contributed by atoms with Gasteiger partial charge >= 0.3 is 0 Å². The molecule has 2 heterocycles. The Morgan fingerprint density at radius 1 is 1.21 bits per heavy atom. The van der Waals surface area contributed by atoms with Crippen LogP contribution >= 0.6 is 23.2 Å². The van der Waals surface area contributed by atoms with E-state index in [1.807, 2.05) is 19.2 Å². The Bertz CT molecular complexity index is 1280.